The first-order chi connectivity index (χ1) is 15.2. The summed E-state index contributed by atoms with van der Waals surface area (Å²) in [6, 6.07) is 10.0. The van der Waals surface area contributed by atoms with Crippen molar-refractivity contribution in [2.24, 2.45) is 0 Å². The summed E-state index contributed by atoms with van der Waals surface area (Å²) in [5.41, 5.74) is 2.03. The fourth-order valence-electron chi connectivity index (χ4n) is 3.30. The Bertz CT molecular complexity index is 1020. The first-order valence-electron chi connectivity index (χ1n) is 10.1. The first-order valence-corrected chi connectivity index (χ1v) is 11.9. The topological polar surface area (TPSA) is 71.3 Å². The molecule has 1 amide bonds. The van der Waals surface area contributed by atoms with Gasteiger partial charge in [0, 0.05) is 12.2 Å². The maximum Gasteiger partial charge on any atom is 0.237 e. The van der Waals surface area contributed by atoms with Gasteiger partial charge >= 0.3 is 0 Å². The van der Waals surface area contributed by atoms with E-state index in [1.807, 2.05) is 17.0 Å². The summed E-state index contributed by atoms with van der Waals surface area (Å²) < 4.78 is 19.2. The van der Waals surface area contributed by atoms with Crippen LogP contribution in [0.3, 0.4) is 0 Å². The number of carbonyl (C=O) groups is 1. The Morgan fingerprint density at radius 2 is 2.10 bits per heavy atom. The molecule has 0 aliphatic heterocycles. The normalized spacial score (nSPS) is 13.6. The minimum absolute atomic E-state index is 0.0329. The molecule has 0 unspecified atom stereocenters. The summed E-state index contributed by atoms with van der Waals surface area (Å²) >= 11 is 2.79. The Morgan fingerprint density at radius 3 is 2.84 bits per heavy atom. The van der Waals surface area contributed by atoms with E-state index in [4.69, 9.17) is 4.42 Å². The molecule has 0 spiro atoms. The van der Waals surface area contributed by atoms with Crippen LogP contribution in [0.2, 0.25) is 0 Å². The van der Waals surface area contributed by atoms with Crippen LogP contribution in [0.15, 0.2) is 63.2 Å². The van der Waals surface area contributed by atoms with Crippen LogP contribution in [0.4, 0.5) is 9.52 Å². The summed E-state index contributed by atoms with van der Waals surface area (Å²) in [5, 5.41) is 12.2. The molecule has 0 bridgehead atoms. The van der Waals surface area contributed by atoms with Crippen LogP contribution in [0, 0.1) is 5.82 Å². The van der Waals surface area contributed by atoms with Gasteiger partial charge in [0.05, 0.1) is 18.6 Å². The Balaban J connectivity index is 1.33. The number of hydrogen-bond donors (Lipinski definition) is 1. The second-order valence-electron chi connectivity index (χ2n) is 7.14. The molecule has 1 N–H and O–H groups in total. The molecule has 2 heterocycles. The smallest absolute Gasteiger partial charge is 0.237 e. The van der Waals surface area contributed by atoms with Crippen LogP contribution in [-0.2, 0) is 17.9 Å². The molecule has 0 radical (unpaired) electrons. The standard InChI is InChI=1S/C22H23FN4O2S2/c23-17-10-8-16(9-11-17)13-24-21-25-26-22(31-21)30-15-20(28)27(14-19-7-4-12-29-19)18-5-2-1-3-6-18/h4-5,7-12H,1-3,6,13-15H2,(H,24,25). The number of anilines is 1. The zero-order valence-electron chi connectivity index (χ0n) is 16.9. The van der Waals surface area contributed by atoms with Crippen LogP contribution < -0.4 is 5.32 Å². The van der Waals surface area contributed by atoms with Crippen LogP contribution in [0.1, 0.15) is 37.0 Å². The fraction of sp³-hybridized carbons (Fsp3) is 0.318. The molecular formula is C22H23FN4O2S2. The van der Waals surface area contributed by atoms with E-state index in [1.54, 1.807) is 18.4 Å². The number of nitrogens with zero attached hydrogens (tertiary/aromatic N) is 3. The minimum Gasteiger partial charge on any atom is -0.467 e. The number of allylic oxidation sites excluding steroid dienone is 2. The van der Waals surface area contributed by atoms with Gasteiger partial charge in [-0.3, -0.25) is 4.79 Å². The van der Waals surface area contributed by atoms with Crippen molar-refractivity contribution in [1.29, 1.82) is 0 Å². The highest BCUT2D eigenvalue weighted by Crippen LogP contribution is 2.28. The molecule has 162 valence electrons. The van der Waals surface area contributed by atoms with Gasteiger partial charge < -0.3 is 14.6 Å². The van der Waals surface area contributed by atoms with Gasteiger partial charge in [-0.05, 0) is 55.5 Å². The summed E-state index contributed by atoms with van der Waals surface area (Å²) in [6.07, 6.45) is 7.97. The molecule has 4 rings (SSSR count). The first kappa shape index (κ1) is 21.6. The molecule has 3 aromatic rings. The maximum absolute atomic E-state index is 13.0. The van der Waals surface area contributed by atoms with E-state index in [0.717, 1.165) is 40.6 Å². The third-order valence-electron chi connectivity index (χ3n) is 4.89. The van der Waals surface area contributed by atoms with Crippen molar-refractivity contribution in [2.75, 3.05) is 11.1 Å². The van der Waals surface area contributed by atoms with E-state index in [2.05, 4.69) is 21.6 Å². The predicted octanol–water partition coefficient (Wildman–Crippen LogP) is 5.46. The Labute approximate surface area is 188 Å². The highest BCUT2D eigenvalue weighted by Gasteiger charge is 2.21. The summed E-state index contributed by atoms with van der Waals surface area (Å²) in [4.78, 5) is 14.9. The monoisotopic (exact) mass is 458 g/mol. The molecule has 1 aliphatic carbocycles. The van der Waals surface area contributed by atoms with Crippen LogP contribution >= 0.6 is 23.1 Å². The molecule has 0 atom stereocenters. The summed E-state index contributed by atoms with van der Waals surface area (Å²) in [5.74, 6) is 0.830. The van der Waals surface area contributed by atoms with Crippen molar-refractivity contribution in [3.8, 4) is 0 Å². The number of thioether (sulfide) groups is 1. The second kappa shape index (κ2) is 10.6. The number of nitrogens with one attached hydrogen (secondary N) is 1. The third-order valence-corrected chi connectivity index (χ3v) is 6.89. The molecule has 1 aromatic carbocycles. The van der Waals surface area contributed by atoms with Crippen LogP contribution in [-0.4, -0.2) is 26.8 Å². The Kier molecular flexibility index (Phi) is 7.37. The predicted molar refractivity (Wildman–Crippen MR) is 120 cm³/mol. The second-order valence-corrected chi connectivity index (χ2v) is 9.34. The van der Waals surface area contributed by atoms with E-state index in [1.165, 1.54) is 41.7 Å². The zero-order chi connectivity index (χ0) is 21.5. The third kappa shape index (κ3) is 6.18. The maximum atomic E-state index is 13.0. The average Bonchev–Trinajstić information content (AvgIpc) is 3.48. The lowest BCUT2D eigenvalue weighted by molar-refractivity contribution is -0.127. The summed E-state index contributed by atoms with van der Waals surface area (Å²) in [7, 11) is 0. The highest BCUT2D eigenvalue weighted by molar-refractivity contribution is 8.01. The molecule has 0 fully saturated rings. The molecule has 2 aromatic heterocycles. The van der Waals surface area contributed by atoms with Gasteiger partial charge in [-0.1, -0.05) is 41.3 Å². The van der Waals surface area contributed by atoms with Gasteiger partial charge in [0.2, 0.25) is 11.0 Å². The number of benzene rings is 1. The van der Waals surface area contributed by atoms with E-state index >= 15 is 0 Å². The Morgan fingerprint density at radius 1 is 1.23 bits per heavy atom. The van der Waals surface area contributed by atoms with Crippen molar-refractivity contribution in [2.45, 2.75) is 43.1 Å². The van der Waals surface area contributed by atoms with Gasteiger partial charge in [0.25, 0.3) is 0 Å². The van der Waals surface area contributed by atoms with Crippen LogP contribution in [0.25, 0.3) is 0 Å². The Hall–Kier alpha value is -2.65. The minimum atomic E-state index is -0.256. The zero-order valence-corrected chi connectivity index (χ0v) is 18.6. The number of hydrogen-bond acceptors (Lipinski definition) is 7. The van der Waals surface area contributed by atoms with Crippen LogP contribution in [0.5, 0.6) is 0 Å². The molecule has 1 aliphatic rings. The molecule has 31 heavy (non-hydrogen) atoms. The van der Waals surface area contributed by atoms with Crippen molar-refractivity contribution < 1.29 is 13.6 Å². The lowest BCUT2D eigenvalue weighted by atomic mass is 10.0. The van der Waals surface area contributed by atoms with Gasteiger partial charge in [-0.15, -0.1) is 10.2 Å². The SMILES string of the molecule is O=C(CSc1nnc(NCc2ccc(F)cc2)s1)N(Cc1ccco1)C1=CCCCC1. The number of furan rings is 1. The molecule has 6 nitrogen and oxygen atoms in total. The highest BCUT2D eigenvalue weighted by atomic mass is 32.2. The largest absolute Gasteiger partial charge is 0.467 e. The fourth-order valence-corrected chi connectivity index (χ4v) is 4.92. The summed E-state index contributed by atoms with van der Waals surface area (Å²) in [6.45, 7) is 0.975. The van der Waals surface area contributed by atoms with E-state index in [0.29, 0.717) is 18.2 Å². The lowest BCUT2D eigenvalue weighted by Crippen LogP contribution is -2.32. The molecular weight excluding hydrogens is 435 g/mol. The van der Waals surface area contributed by atoms with E-state index in [9.17, 15) is 9.18 Å². The van der Waals surface area contributed by atoms with Crippen molar-refractivity contribution in [3.63, 3.8) is 0 Å². The van der Waals surface area contributed by atoms with Crippen molar-refractivity contribution >= 4 is 34.1 Å². The van der Waals surface area contributed by atoms with Crippen molar-refractivity contribution in [3.05, 3.63) is 71.6 Å². The van der Waals surface area contributed by atoms with Gasteiger partial charge in [0.1, 0.15) is 11.6 Å². The van der Waals surface area contributed by atoms with Gasteiger partial charge in [0.15, 0.2) is 4.34 Å². The average molecular weight is 459 g/mol. The lowest BCUT2D eigenvalue weighted by Gasteiger charge is -2.26. The number of rotatable bonds is 9. The molecule has 9 heteroatoms. The number of aromatic nitrogens is 2. The van der Waals surface area contributed by atoms with Crippen molar-refractivity contribution in [1.82, 2.24) is 15.1 Å². The number of carbonyl (C=O) groups excluding carboxylic acids is 1. The van der Waals surface area contributed by atoms with Gasteiger partial charge in [-0.25, -0.2) is 4.39 Å². The molecule has 0 saturated carbocycles. The molecule has 0 saturated heterocycles. The number of amides is 1. The van der Waals surface area contributed by atoms with E-state index < -0.39 is 0 Å². The van der Waals surface area contributed by atoms with Gasteiger partial charge in [-0.2, -0.15) is 0 Å². The quantitative estimate of drug-likeness (QED) is 0.429. The number of halogens is 1. The van der Waals surface area contributed by atoms with E-state index in [-0.39, 0.29) is 17.5 Å².